The molecule has 1 rings (SSSR count). The van der Waals surface area contributed by atoms with Crippen LogP contribution in [0.15, 0.2) is 17.0 Å². The van der Waals surface area contributed by atoms with Crippen LogP contribution in [0, 0.1) is 0 Å². The van der Waals surface area contributed by atoms with Gasteiger partial charge in [-0.05, 0) is 12.1 Å². The number of benzene rings is 1. The van der Waals surface area contributed by atoms with E-state index in [-0.39, 0.29) is 16.7 Å². The van der Waals surface area contributed by atoms with E-state index in [1.165, 1.54) is 7.11 Å². The van der Waals surface area contributed by atoms with Gasteiger partial charge in [0.25, 0.3) is 0 Å². The summed E-state index contributed by atoms with van der Waals surface area (Å²) in [6.45, 7) is -0.559. The highest BCUT2D eigenvalue weighted by atomic mass is 35.5. The summed E-state index contributed by atoms with van der Waals surface area (Å²) < 4.78 is 31.3. The van der Waals surface area contributed by atoms with Crippen LogP contribution in [0.4, 0.5) is 0 Å². The first kappa shape index (κ1) is 18.1. The van der Waals surface area contributed by atoms with Gasteiger partial charge in [0, 0.05) is 7.11 Å². The molecule has 0 aromatic heterocycles. The highest BCUT2D eigenvalue weighted by Gasteiger charge is 2.25. The summed E-state index contributed by atoms with van der Waals surface area (Å²) in [4.78, 5) is 10.5. The van der Waals surface area contributed by atoms with Crippen LogP contribution >= 0.6 is 23.2 Å². The lowest BCUT2D eigenvalue weighted by atomic mass is 10.2. The fourth-order valence-electron chi connectivity index (χ4n) is 1.51. The lowest BCUT2D eigenvalue weighted by molar-refractivity contribution is 0.0697. The summed E-state index contributed by atoms with van der Waals surface area (Å²) in [6, 6.07) is 1.00. The maximum Gasteiger partial charge on any atom is 0.337 e. The maximum absolute atomic E-state index is 12.2. The summed E-state index contributed by atoms with van der Waals surface area (Å²) in [5.41, 5.74) is -0.395. The highest BCUT2D eigenvalue weighted by Crippen LogP contribution is 2.28. The molecule has 0 bridgehead atoms. The Balaban J connectivity index is 3.25. The fraction of sp³-hybridized carbons (Fsp3) is 0.364. The molecule has 10 heteroatoms. The van der Waals surface area contributed by atoms with Crippen molar-refractivity contribution >= 4 is 39.2 Å². The number of hydrogen-bond acceptors (Lipinski definition) is 5. The van der Waals surface area contributed by atoms with Crippen molar-refractivity contribution in [2.75, 3.05) is 20.3 Å². The van der Waals surface area contributed by atoms with Crippen LogP contribution < -0.4 is 4.72 Å². The van der Waals surface area contributed by atoms with E-state index in [1.54, 1.807) is 0 Å². The number of aliphatic hydroxyl groups excluding tert-OH is 1. The number of aliphatic hydroxyl groups is 1. The number of sulfonamides is 1. The molecule has 0 radical (unpaired) electrons. The van der Waals surface area contributed by atoms with Crippen LogP contribution in [0.1, 0.15) is 10.4 Å². The van der Waals surface area contributed by atoms with E-state index < -0.39 is 39.1 Å². The van der Waals surface area contributed by atoms with Crippen molar-refractivity contribution in [3.63, 3.8) is 0 Å². The third-order valence-corrected chi connectivity index (χ3v) is 4.75. The van der Waals surface area contributed by atoms with Gasteiger partial charge in [-0.25, -0.2) is 17.9 Å². The molecule has 118 valence electrons. The molecule has 0 aliphatic rings. The second-order valence-electron chi connectivity index (χ2n) is 4.02. The van der Waals surface area contributed by atoms with Crippen molar-refractivity contribution < 1.29 is 28.2 Å². The van der Waals surface area contributed by atoms with Gasteiger partial charge >= 0.3 is 5.97 Å². The summed E-state index contributed by atoms with van der Waals surface area (Å²) in [5, 5.41) is 17.6. The standard InChI is InChI=1S/C11H13Cl2NO6S/c1-20-5-6(4-15)14-21(18,19)10-2-7(11(16)17)8(12)3-9(10)13/h2-3,6,14-15H,4-5H2,1H3,(H,16,17). The average Bonchev–Trinajstić information content (AvgIpc) is 2.37. The maximum atomic E-state index is 12.2. The lowest BCUT2D eigenvalue weighted by Crippen LogP contribution is -2.40. The van der Waals surface area contributed by atoms with E-state index in [2.05, 4.69) is 4.72 Å². The zero-order chi connectivity index (χ0) is 16.2. The molecule has 7 nitrogen and oxygen atoms in total. The number of rotatable bonds is 7. The van der Waals surface area contributed by atoms with Crippen LogP contribution in [0.5, 0.6) is 0 Å². The number of aromatic carboxylic acids is 1. The SMILES string of the molecule is COCC(CO)NS(=O)(=O)c1cc(C(=O)O)c(Cl)cc1Cl. The normalized spacial score (nSPS) is 13.1. The molecule has 0 spiro atoms. The first-order valence-electron chi connectivity index (χ1n) is 5.57. The number of halogens is 2. The largest absolute Gasteiger partial charge is 0.478 e. The molecule has 21 heavy (non-hydrogen) atoms. The summed E-state index contributed by atoms with van der Waals surface area (Å²) >= 11 is 11.5. The molecule has 0 amide bonds. The Kier molecular flexibility index (Phi) is 6.39. The lowest BCUT2D eigenvalue weighted by Gasteiger charge is -2.16. The number of methoxy groups -OCH3 is 1. The minimum absolute atomic E-state index is 0.0628. The number of carboxylic acids is 1. The molecule has 0 aliphatic carbocycles. The molecule has 0 aliphatic heterocycles. The van der Waals surface area contributed by atoms with Gasteiger partial charge in [0.15, 0.2) is 0 Å². The molecule has 0 saturated carbocycles. The molecule has 0 saturated heterocycles. The third-order valence-electron chi connectivity index (χ3n) is 2.45. The summed E-state index contributed by atoms with van der Waals surface area (Å²) in [5.74, 6) is -1.39. The third kappa shape index (κ3) is 4.53. The minimum atomic E-state index is -4.14. The molecular weight excluding hydrogens is 345 g/mol. The van der Waals surface area contributed by atoms with Gasteiger partial charge in [0.05, 0.1) is 34.9 Å². The van der Waals surface area contributed by atoms with E-state index in [0.29, 0.717) is 0 Å². The van der Waals surface area contributed by atoms with Gasteiger partial charge in [-0.2, -0.15) is 0 Å². The van der Waals surface area contributed by atoms with Crippen molar-refractivity contribution in [1.82, 2.24) is 4.72 Å². The second-order valence-corrected chi connectivity index (χ2v) is 6.52. The van der Waals surface area contributed by atoms with Gasteiger partial charge in [0.1, 0.15) is 4.90 Å². The topological polar surface area (TPSA) is 113 Å². The van der Waals surface area contributed by atoms with Gasteiger partial charge in [-0.3, -0.25) is 0 Å². The Bertz CT molecular complexity index is 634. The van der Waals surface area contributed by atoms with E-state index in [4.69, 9.17) is 38.2 Å². The number of carbonyl (C=O) groups is 1. The number of nitrogens with one attached hydrogen (secondary N) is 1. The molecular formula is C11H13Cl2NO6S. The van der Waals surface area contributed by atoms with E-state index >= 15 is 0 Å². The molecule has 1 aromatic rings. The minimum Gasteiger partial charge on any atom is -0.478 e. The fourth-order valence-corrected chi connectivity index (χ4v) is 3.57. The van der Waals surface area contributed by atoms with E-state index in [0.717, 1.165) is 12.1 Å². The van der Waals surface area contributed by atoms with Crippen LogP contribution in [-0.4, -0.2) is 51.0 Å². The van der Waals surface area contributed by atoms with Crippen molar-refractivity contribution in [1.29, 1.82) is 0 Å². The average molecular weight is 358 g/mol. The van der Waals surface area contributed by atoms with Gasteiger partial charge < -0.3 is 14.9 Å². The molecule has 3 N–H and O–H groups in total. The zero-order valence-electron chi connectivity index (χ0n) is 10.8. The quantitative estimate of drug-likeness (QED) is 0.670. The molecule has 0 heterocycles. The van der Waals surface area contributed by atoms with Crippen molar-refractivity contribution in [3.8, 4) is 0 Å². The number of hydrogen-bond donors (Lipinski definition) is 3. The predicted octanol–water partition coefficient (Wildman–Crippen LogP) is 0.977. The Hall–Kier alpha value is -0.900. The van der Waals surface area contributed by atoms with Gasteiger partial charge in [0.2, 0.25) is 10.0 Å². The van der Waals surface area contributed by atoms with Crippen molar-refractivity contribution in [2.45, 2.75) is 10.9 Å². The molecule has 0 fully saturated rings. The van der Waals surface area contributed by atoms with E-state index in [9.17, 15) is 13.2 Å². The van der Waals surface area contributed by atoms with Gasteiger partial charge in [-0.1, -0.05) is 23.2 Å². The summed E-state index contributed by atoms with van der Waals surface area (Å²) in [6.07, 6.45) is 0. The van der Waals surface area contributed by atoms with Crippen LogP contribution in [0.25, 0.3) is 0 Å². The second kappa shape index (κ2) is 7.39. The van der Waals surface area contributed by atoms with Gasteiger partial charge in [-0.15, -0.1) is 0 Å². The summed E-state index contributed by atoms with van der Waals surface area (Å²) in [7, 11) is -2.80. The number of carboxylic acid groups (broad SMARTS) is 1. The Morgan fingerprint density at radius 2 is 2.00 bits per heavy atom. The van der Waals surface area contributed by atoms with E-state index in [1.807, 2.05) is 0 Å². The smallest absolute Gasteiger partial charge is 0.337 e. The Morgan fingerprint density at radius 3 is 2.48 bits per heavy atom. The molecule has 1 atom stereocenters. The first-order valence-corrected chi connectivity index (χ1v) is 7.81. The number of ether oxygens (including phenoxy) is 1. The Labute approximate surface area is 131 Å². The predicted molar refractivity (Wildman–Crippen MR) is 76.5 cm³/mol. The highest BCUT2D eigenvalue weighted by molar-refractivity contribution is 7.89. The molecule has 1 unspecified atom stereocenters. The monoisotopic (exact) mass is 357 g/mol. The van der Waals surface area contributed by atoms with Crippen LogP contribution in [0.2, 0.25) is 10.0 Å². The van der Waals surface area contributed by atoms with Crippen LogP contribution in [-0.2, 0) is 14.8 Å². The zero-order valence-corrected chi connectivity index (χ0v) is 13.2. The molecule has 1 aromatic carbocycles. The first-order chi connectivity index (χ1) is 9.72. The Morgan fingerprint density at radius 1 is 1.38 bits per heavy atom. The van der Waals surface area contributed by atoms with Crippen molar-refractivity contribution in [3.05, 3.63) is 27.7 Å². The van der Waals surface area contributed by atoms with Crippen molar-refractivity contribution in [2.24, 2.45) is 0 Å². The van der Waals surface area contributed by atoms with Crippen LogP contribution in [0.3, 0.4) is 0 Å².